The fourth-order valence-electron chi connectivity index (χ4n) is 2.91. The molecule has 1 aliphatic rings. The number of rotatable bonds is 3. The number of nitrogens with zero attached hydrogens (tertiary/aromatic N) is 2. The van der Waals surface area contributed by atoms with Gasteiger partial charge in [-0.1, -0.05) is 28.9 Å². The van der Waals surface area contributed by atoms with Crippen LogP contribution in [0.2, 0.25) is 5.02 Å². The van der Waals surface area contributed by atoms with Crippen LogP contribution in [0.3, 0.4) is 0 Å². The van der Waals surface area contributed by atoms with Crippen molar-refractivity contribution in [2.45, 2.75) is 32.2 Å². The summed E-state index contributed by atoms with van der Waals surface area (Å²) < 4.78 is 18.7. The van der Waals surface area contributed by atoms with Crippen LogP contribution >= 0.6 is 11.6 Å². The second kappa shape index (κ2) is 7.21. The predicted octanol–water partition coefficient (Wildman–Crippen LogP) is 3.86. The Morgan fingerprint density at radius 1 is 1.46 bits per heavy atom. The SMILES string of the molecule is Cc1cc(C2CCN(C(=O)NCc3cccc(F)c3Cl)CC2)on1. The monoisotopic (exact) mass is 351 g/mol. The first-order valence-corrected chi connectivity index (χ1v) is 8.31. The Hall–Kier alpha value is -2.08. The van der Waals surface area contributed by atoms with E-state index in [1.165, 1.54) is 6.07 Å². The van der Waals surface area contributed by atoms with E-state index in [0.717, 1.165) is 24.3 Å². The predicted molar refractivity (Wildman–Crippen MR) is 88.4 cm³/mol. The molecule has 0 spiro atoms. The largest absolute Gasteiger partial charge is 0.361 e. The summed E-state index contributed by atoms with van der Waals surface area (Å²) in [6, 6.07) is 6.36. The summed E-state index contributed by atoms with van der Waals surface area (Å²) in [5, 5.41) is 6.76. The van der Waals surface area contributed by atoms with E-state index in [1.54, 1.807) is 17.0 Å². The van der Waals surface area contributed by atoms with Crippen molar-refractivity contribution < 1.29 is 13.7 Å². The fourth-order valence-corrected chi connectivity index (χ4v) is 3.10. The van der Waals surface area contributed by atoms with E-state index in [-0.39, 0.29) is 17.6 Å². The van der Waals surface area contributed by atoms with Crippen LogP contribution in [-0.2, 0) is 6.54 Å². The second-order valence-corrected chi connectivity index (χ2v) is 6.38. The highest BCUT2D eigenvalue weighted by Gasteiger charge is 2.26. The van der Waals surface area contributed by atoms with Gasteiger partial charge in [0, 0.05) is 31.6 Å². The van der Waals surface area contributed by atoms with Crippen molar-refractivity contribution in [3.63, 3.8) is 0 Å². The molecule has 2 amide bonds. The Labute approximate surface area is 144 Å². The van der Waals surface area contributed by atoms with Gasteiger partial charge in [-0.15, -0.1) is 0 Å². The summed E-state index contributed by atoms with van der Waals surface area (Å²) in [7, 11) is 0. The molecule has 0 radical (unpaired) electrons. The van der Waals surface area contributed by atoms with Crippen molar-refractivity contribution in [2.24, 2.45) is 0 Å². The molecular weight excluding hydrogens is 333 g/mol. The van der Waals surface area contributed by atoms with E-state index in [2.05, 4.69) is 10.5 Å². The highest BCUT2D eigenvalue weighted by atomic mass is 35.5. The van der Waals surface area contributed by atoms with Crippen LogP contribution in [0.25, 0.3) is 0 Å². The molecular formula is C17H19ClFN3O2. The zero-order chi connectivity index (χ0) is 17.1. The number of hydrogen-bond donors (Lipinski definition) is 1. The summed E-state index contributed by atoms with van der Waals surface area (Å²) in [6.07, 6.45) is 1.67. The van der Waals surface area contributed by atoms with E-state index in [1.807, 2.05) is 13.0 Å². The molecule has 1 N–H and O–H groups in total. The maximum Gasteiger partial charge on any atom is 0.317 e. The first kappa shape index (κ1) is 16.8. The number of urea groups is 1. The Kier molecular flexibility index (Phi) is 5.04. The summed E-state index contributed by atoms with van der Waals surface area (Å²) >= 11 is 5.90. The lowest BCUT2D eigenvalue weighted by Crippen LogP contribution is -2.43. The number of nitrogens with one attached hydrogen (secondary N) is 1. The minimum absolute atomic E-state index is 0.0530. The third-order valence-corrected chi connectivity index (χ3v) is 4.72. The molecule has 0 bridgehead atoms. The standard InChI is InChI=1S/C17H19ClFN3O2/c1-11-9-15(24-21-11)12-5-7-22(8-6-12)17(23)20-10-13-3-2-4-14(19)16(13)18/h2-4,9,12H,5-8,10H2,1H3,(H,20,23). The van der Waals surface area contributed by atoms with Gasteiger partial charge in [0.15, 0.2) is 0 Å². The van der Waals surface area contributed by atoms with Crippen molar-refractivity contribution in [3.8, 4) is 0 Å². The van der Waals surface area contributed by atoms with E-state index in [0.29, 0.717) is 24.6 Å². The van der Waals surface area contributed by atoms with Gasteiger partial charge < -0.3 is 14.7 Å². The van der Waals surface area contributed by atoms with E-state index < -0.39 is 5.82 Å². The molecule has 1 aromatic carbocycles. The number of carbonyl (C=O) groups is 1. The molecule has 1 aromatic heterocycles. The average Bonchev–Trinajstić information content (AvgIpc) is 3.02. The molecule has 2 heterocycles. The number of piperidine rings is 1. The third-order valence-electron chi connectivity index (χ3n) is 4.29. The number of halogens is 2. The van der Waals surface area contributed by atoms with Crippen LogP contribution in [-0.4, -0.2) is 29.2 Å². The van der Waals surface area contributed by atoms with Crippen molar-refractivity contribution >= 4 is 17.6 Å². The molecule has 7 heteroatoms. The minimum atomic E-state index is -0.480. The third kappa shape index (κ3) is 3.70. The highest BCUT2D eigenvalue weighted by molar-refractivity contribution is 6.31. The molecule has 0 unspecified atom stereocenters. The zero-order valence-electron chi connectivity index (χ0n) is 13.4. The molecule has 5 nitrogen and oxygen atoms in total. The van der Waals surface area contributed by atoms with Gasteiger partial charge in [-0.3, -0.25) is 0 Å². The summed E-state index contributed by atoms with van der Waals surface area (Å²) in [4.78, 5) is 14.0. The smallest absolute Gasteiger partial charge is 0.317 e. The van der Waals surface area contributed by atoms with Crippen LogP contribution in [0, 0.1) is 12.7 Å². The van der Waals surface area contributed by atoms with Gasteiger partial charge >= 0.3 is 6.03 Å². The minimum Gasteiger partial charge on any atom is -0.361 e. The number of aryl methyl sites for hydroxylation is 1. The van der Waals surface area contributed by atoms with Gasteiger partial charge in [-0.25, -0.2) is 9.18 Å². The van der Waals surface area contributed by atoms with Gasteiger partial charge in [-0.05, 0) is 31.4 Å². The van der Waals surface area contributed by atoms with Gasteiger partial charge in [-0.2, -0.15) is 0 Å². The van der Waals surface area contributed by atoms with E-state index >= 15 is 0 Å². The van der Waals surface area contributed by atoms with Gasteiger partial charge in [0.25, 0.3) is 0 Å². The van der Waals surface area contributed by atoms with Crippen LogP contribution in [0.5, 0.6) is 0 Å². The zero-order valence-corrected chi connectivity index (χ0v) is 14.1. The van der Waals surface area contributed by atoms with Crippen LogP contribution < -0.4 is 5.32 Å². The molecule has 1 aliphatic heterocycles. The Morgan fingerprint density at radius 3 is 2.88 bits per heavy atom. The Balaban J connectivity index is 1.51. The average molecular weight is 352 g/mol. The highest BCUT2D eigenvalue weighted by Crippen LogP contribution is 2.28. The first-order valence-electron chi connectivity index (χ1n) is 7.93. The number of hydrogen-bond acceptors (Lipinski definition) is 3. The number of benzene rings is 1. The molecule has 0 aliphatic carbocycles. The normalized spacial score (nSPS) is 15.5. The topological polar surface area (TPSA) is 58.4 Å². The second-order valence-electron chi connectivity index (χ2n) is 6.00. The molecule has 0 atom stereocenters. The van der Waals surface area contributed by atoms with Gasteiger partial charge in [0.1, 0.15) is 11.6 Å². The quantitative estimate of drug-likeness (QED) is 0.913. The van der Waals surface area contributed by atoms with Crippen LogP contribution in [0.4, 0.5) is 9.18 Å². The summed E-state index contributed by atoms with van der Waals surface area (Å²) in [6.45, 7) is 3.39. The lowest BCUT2D eigenvalue weighted by molar-refractivity contribution is 0.176. The van der Waals surface area contributed by atoms with E-state index in [9.17, 15) is 9.18 Å². The maximum atomic E-state index is 13.4. The summed E-state index contributed by atoms with van der Waals surface area (Å²) in [5.41, 5.74) is 1.44. The van der Waals surface area contributed by atoms with Gasteiger partial charge in [0.05, 0.1) is 10.7 Å². The van der Waals surface area contributed by atoms with Crippen molar-refractivity contribution in [3.05, 3.63) is 52.1 Å². The number of amides is 2. The van der Waals surface area contributed by atoms with Crippen molar-refractivity contribution in [1.82, 2.24) is 15.4 Å². The molecule has 24 heavy (non-hydrogen) atoms. The van der Waals surface area contributed by atoms with E-state index in [4.69, 9.17) is 16.1 Å². The number of aromatic nitrogens is 1. The lowest BCUT2D eigenvalue weighted by atomic mass is 9.94. The Morgan fingerprint density at radius 2 is 2.21 bits per heavy atom. The molecule has 1 fully saturated rings. The maximum absolute atomic E-state index is 13.4. The van der Waals surface area contributed by atoms with Crippen LogP contribution in [0.1, 0.15) is 35.8 Å². The molecule has 0 saturated carbocycles. The summed E-state index contributed by atoms with van der Waals surface area (Å²) in [5.74, 6) is 0.707. The first-order chi connectivity index (χ1) is 11.5. The molecule has 1 saturated heterocycles. The molecule has 128 valence electrons. The van der Waals surface area contributed by atoms with Crippen molar-refractivity contribution in [2.75, 3.05) is 13.1 Å². The number of likely N-dealkylation sites (tertiary alicyclic amines) is 1. The van der Waals surface area contributed by atoms with Crippen LogP contribution in [0.15, 0.2) is 28.8 Å². The fraction of sp³-hybridized carbons (Fsp3) is 0.412. The van der Waals surface area contributed by atoms with Crippen molar-refractivity contribution in [1.29, 1.82) is 0 Å². The number of carbonyl (C=O) groups excluding carboxylic acids is 1. The lowest BCUT2D eigenvalue weighted by Gasteiger charge is -2.30. The Bertz CT molecular complexity index is 726. The molecule has 2 aromatic rings. The van der Waals surface area contributed by atoms with Gasteiger partial charge in [0.2, 0.25) is 0 Å². The molecule has 3 rings (SSSR count).